The third kappa shape index (κ3) is 7.56. The van der Waals surface area contributed by atoms with Crippen molar-refractivity contribution in [2.75, 3.05) is 6.54 Å². The van der Waals surface area contributed by atoms with Gasteiger partial charge in [-0.25, -0.2) is 0 Å². The molecule has 3 nitrogen and oxygen atoms in total. The first-order valence-corrected chi connectivity index (χ1v) is 8.20. The van der Waals surface area contributed by atoms with Crippen LogP contribution in [0.5, 0.6) is 0 Å². The van der Waals surface area contributed by atoms with Gasteiger partial charge in [-0.05, 0) is 38.6 Å². The molecule has 0 aromatic rings. The van der Waals surface area contributed by atoms with Gasteiger partial charge in [0.15, 0.2) is 0 Å². The first-order chi connectivity index (χ1) is 9.24. The number of unbranched alkanes of at least 4 members (excludes halogenated alkanes) is 6. The molecular formula is C16H31NO2. The van der Waals surface area contributed by atoms with Crippen LogP contribution in [0.3, 0.4) is 0 Å². The molecule has 19 heavy (non-hydrogen) atoms. The van der Waals surface area contributed by atoms with Gasteiger partial charge in [-0.15, -0.1) is 0 Å². The second-order valence-electron chi connectivity index (χ2n) is 5.96. The van der Waals surface area contributed by atoms with Gasteiger partial charge in [0.25, 0.3) is 0 Å². The lowest BCUT2D eigenvalue weighted by atomic mass is 9.86. The number of carbonyl (C=O) groups is 1. The fraction of sp³-hybridized carbons (Fsp3) is 0.938. The lowest BCUT2D eigenvalue weighted by molar-refractivity contribution is -0.142. The van der Waals surface area contributed by atoms with E-state index >= 15 is 0 Å². The summed E-state index contributed by atoms with van der Waals surface area (Å²) < 4.78 is 0. The minimum absolute atomic E-state index is 0.0865. The van der Waals surface area contributed by atoms with E-state index in [1.54, 1.807) is 0 Å². The molecule has 0 radical (unpaired) electrons. The molecule has 1 aliphatic rings. The van der Waals surface area contributed by atoms with Crippen LogP contribution in [0.25, 0.3) is 0 Å². The van der Waals surface area contributed by atoms with Gasteiger partial charge in [-0.2, -0.15) is 0 Å². The molecule has 2 N–H and O–H groups in total. The molecule has 0 amide bonds. The van der Waals surface area contributed by atoms with E-state index in [9.17, 15) is 4.79 Å². The van der Waals surface area contributed by atoms with E-state index in [-0.39, 0.29) is 5.92 Å². The fourth-order valence-electron chi connectivity index (χ4n) is 2.93. The summed E-state index contributed by atoms with van der Waals surface area (Å²) in [5.74, 6) is -0.692. The van der Waals surface area contributed by atoms with Gasteiger partial charge in [-0.1, -0.05) is 45.4 Å². The van der Waals surface area contributed by atoms with Gasteiger partial charge in [-0.3, -0.25) is 4.79 Å². The first-order valence-electron chi connectivity index (χ1n) is 8.20. The van der Waals surface area contributed by atoms with E-state index in [1.807, 2.05) is 0 Å². The molecule has 1 saturated carbocycles. The van der Waals surface area contributed by atoms with Gasteiger partial charge in [0.1, 0.15) is 0 Å². The maximum atomic E-state index is 10.8. The molecule has 0 spiro atoms. The van der Waals surface area contributed by atoms with Crippen molar-refractivity contribution in [1.29, 1.82) is 0 Å². The van der Waals surface area contributed by atoms with E-state index < -0.39 is 5.97 Å². The smallest absolute Gasteiger partial charge is 0.306 e. The third-order valence-electron chi connectivity index (χ3n) is 4.29. The Morgan fingerprint density at radius 1 is 1.00 bits per heavy atom. The number of aliphatic carboxylic acids is 1. The van der Waals surface area contributed by atoms with Crippen LogP contribution >= 0.6 is 0 Å². The molecule has 1 aliphatic carbocycles. The molecule has 3 heteroatoms. The summed E-state index contributed by atoms with van der Waals surface area (Å²) in [5.41, 5.74) is 0. The molecule has 0 unspecified atom stereocenters. The Kier molecular flexibility index (Phi) is 8.89. The maximum Gasteiger partial charge on any atom is 0.306 e. The van der Waals surface area contributed by atoms with Crippen molar-refractivity contribution in [2.24, 2.45) is 5.92 Å². The molecule has 1 rings (SSSR count). The molecule has 0 saturated heterocycles. The largest absolute Gasteiger partial charge is 0.481 e. The minimum Gasteiger partial charge on any atom is -0.481 e. The van der Waals surface area contributed by atoms with Crippen molar-refractivity contribution in [3.63, 3.8) is 0 Å². The highest BCUT2D eigenvalue weighted by Crippen LogP contribution is 2.24. The zero-order chi connectivity index (χ0) is 13.9. The number of nitrogens with one attached hydrogen (secondary N) is 1. The van der Waals surface area contributed by atoms with Crippen LogP contribution in [-0.2, 0) is 4.79 Å². The van der Waals surface area contributed by atoms with Crippen LogP contribution in [0.4, 0.5) is 0 Å². The van der Waals surface area contributed by atoms with Crippen molar-refractivity contribution >= 4 is 5.97 Å². The molecule has 0 bridgehead atoms. The van der Waals surface area contributed by atoms with Crippen molar-refractivity contribution in [3.8, 4) is 0 Å². The van der Waals surface area contributed by atoms with E-state index in [2.05, 4.69) is 12.2 Å². The summed E-state index contributed by atoms with van der Waals surface area (Å²) in [4.78, 5) is 10.8. The molecule has 0 aromatic heterocycles. The normalized spacial score (nSPS) is 23.4. The summed E-state index contributed by atoms with van der Waals surface area (Å²) in [6.45, 7) is 3.36. The highest BCUT2D eigenvalue weighted by Gasteiger charge is 2.25. The quantitative estimate of drug-likeness (QED) is 0.590. The molecule has 0 aliphatic heterocycles. The molecule has 112 valence electrons. The highest BCUT2D eigenvalue weighted by molar-refractivity contribution is 5.70. The summed E-state index contributed by atoms with van der Waals surface area (Å²) in [7, 11) is 0. The van der Waals surface area contributed by atoms with Crippen LogP contribution in [0.1, 0.15) is 77.6 Å². The van der Waals surface area contributed by atoms with Crippen LogP contribution in [-0.4, -0.2) is 23.7 Å². The van der Waals surface area contributed by atoms with Crippen molar-refractivity contribution in [2.45, 2.75) is 83.6 Å². The van der Waals surface area contributed by atoms with Gasteiger partial charge in [0.2, 0.25) is 0 Å². The maximum absolute atomic E-state index is 10.8. The van der Waals surface area contributed by atoms with E-state index in [0.29, 0.717) is 6.04 Å². The molecular weight excluding hydrogens is 238 g/mol. The van der Waals surface area contributed by atoms with Gasteiger partial charge >= 0.3 is 5.97 Å². The number of rotatable bonds is 10. The second kappa shape index (κ2) is 10.2. The van der Waals surface area contributed by atoms with E-state index in [0.717, 1.165) is 32.2 Å². The zero-order valence-corrected chi connectivity index (χ0v) is 12.5. The number of carboxylic acid groups (broad SMARTS) is 1. The van der Waals surface area contributed by atoms with Crippen LogP contribution < -0.4 is 5.32 Å². The Hall–Kier alpha value is -0.570. The second-order valence-corrected chi connectivity index (χ2v) is 5.96. The van der Waals surface area contributed by atoms with Gasteiger partial charge < -0.3 is 10.4 Å². The summed E-state index contributed by atoms with van der Waals surface area (Å²) in [5, 5.41) is 12.5. The lowest BCUT2D eigenvalue weighted by Gasteiger charge is -2.26. The van der Waals surface area contributed by atoms with E-state index in [4.69, 9.17) is 5.11 Å². The van der Waals surface area contributed by atoms with E-state index in [1.165, 1.54) is 44.9 Å². The highest BCUT2D eigenvalue weighted by atomic mass is 16.4. The van der Waals surface area contributed by atoms with Crippen molar-refractivity contribution < 1.29 is 9.90 Å². The number of hydrogen-bond donors (Lipinski definition) is 2. The summed E-state index contributed by atoms with van der Waals surface area (Å²) >= 11 is 0. The number of hydrogen-bond acceptors (Lipinski definition) is 2. The summed E-state index contributed by atoms with van der Waals surface area (Å²) in [6.07, 6.45) is 13.2. The first kappa shape index (κ1) is 16.5. The Morgan fingerprint density at radius 2 is 1.58 bits per heavy atom. The monoisotopic (exact) mass is 269 g/mol. The molecule has 1 fully saturated rings. The van der Waals surface area contributed by atoms with Crippen LogP contribution in [0.2, 0.25) is 0 Å². The lowest BCUT2D eigenvalue weighted by Crippen LogP contribution is -2.35. The van der Waals surface area contributed by atoms with Crippen molar-refractivity contribution in [1.82, 2.24) is 5.32 Å². The Labute approximate surface area is 118 Å². The third-order valence-corrected chi connectivity index (χ3v) is 4.29. The number of carboxylic acids is 1. The fourth-order valence-corrected chi connectivity index (χ4v) is 2.93. The summed E-state index contributed by atoms with van der Waals surface area (Å²) in [6, 6.07) is 0.565. The zero-order valence-electron chi connectivity index (χ0n) is 12.5. The van der Waals surface area contributed by atoms with Crippen molar-refractivity contribution in [3.05, 3.63) is 0 Å². The predicted octanol–water partition coefficient (Wildman–Crippen LogP) is 3.97. The predicted molar refractivity (Wildman–Crippen MR) is 79.4 cm³/mol. The molecule has 0 heterocycles. The van der Waals surface area contributed by atoms with Gasteiger partial charge in [0, 0.05) is 6.04 Å². The average Bonchev–Trinajstić information content (AvgIpc) is 2.42. The van der Waals surface area contributed by atoms with Crippen LogP contribution in [0, 0.1) is 5.92 Å². The Morgan fingerprint density at radius 3 is 2.16 bits per heavy atom. The molecule has 0 aromatic carbocycles. The topological polar surface area (TPSA) is 49.3 Å². The minimum atomic E-state index is -0.606. The van der Waals surface area contributed by atoms with Crippen LogP contribution in [0.15, 0.2) is 0 Å². The Balaban J connectivity index is 1.89. The Bertz CT molecular complexity index is 235. The average molecular weight is 269 g/mol. The SMILES string of the molecule is CCCCCCCCCNC1CCC(C(=O)O)CC1. The molecule has 0 atom stereocenters. The standard InChI is InChI=1S/C16H31NO2/c1-2-3-4-5-6-7-8-13-17-15-11-9-14(10-12-15)16(18)19/h14-15,17H,2-13H2,1H3,(H,18,19). The van der Waals surface area contributed by atoms with Gasteiger partial charge in [0.05, 0.1) is 5.92 Å².